The van der Waals surface area contributed by atoms with Crippen LogP contribution in [0.25, 0.3) is 0 Å². The number of hydrogen-bond acceptors (Lipinski definition) is 5. The van der Waals surface area contributed by atoms with Crippen LogP contribution < -0.4 is 5.32 Å². The number of nitrogens with one attached hydrogen (secondary N) is 1. The van der Waals surface area contributed by atoms with Crippen molar-refractivity contribution >= 4 is 23.2 Å². The molecule has 8 nitrogen and oxygen atoms in total. The van der Waals surface area contributed by atoms with Crippen molar-refractivity contribution in [3.8, 4) is 11.8 Å². The van der Waals surface area contributed by atoms with Gasteiger partial charge in [0.15, 0.2) is 0 Å². The molecule has 3 aliphatic carbocycles. The van der Waals surface area contributed by atoms with Crippen LogP contribution in [0.5, 0.6) is 0 Å². The summed E-state index contributed by atoms with van der Waals surface area (Å²) >= 11 is 5.87. The van der Waals surface area contributed by atoms with Crippen LogP contribution in [-0.2, 0) is 19.7 Å². The van der Waals surface area contributed by atoms with E-state index in [0.717, 1.165) is 18.5 Å². The summed E-state index contributed by atoms with van der Waals surface area (Å²) in [6.07, 6.45) is 7.37. The van der Waals surface area contributed by atoms with Gasteiger partial charge in [-0.2, -0.15) is 5.10 Å². The summed E-state index contributed by atoms with van der Waals surface area (Å²) < 4.78 is 16.9. The van der Waals surface area contributed by atoms with Gasteiger partial charge in [-0.25, -0.2) is 9.37 Å². The smallest absolute Gasteiger partial charge is 0.274 e. The third-order valence-corrected chi connectivity index (χ3v) is 8.94. The van der Waals surface area contributed by atoms with Crippen LogP contribution in [0.2, 0.25) is 5.02 Å². The summed E-state index contributed by atoms with van der Waals surface area (Å²) in [6.45, 7) is 0. The minimum atomic E-state index is -1.02. The number of halogens is 2. The zero-order valence-corrected chi connectivity index (χ0v) is 22.6. The molecule has 1 aromatic carbocycles. The molecule has 10 heteroatoms. The van der Waals surface area contributed by atoms with Crippen LogP contribution in [-0.4, -0.2) is 41.1 Å². The Bertz CT molecular complexity index is 1480. The minimum Gasteiger partial charge on any atom is -0.383 e. The predicted octanol–water partition coefficient (Wildman–Crippen LogP) is 4.13. The topological polar surface area (TPSA) is 105 Å². The predicted molar refractivity (Wildman–Crippen MR) is 143 cm³/mol. The number of benzene rings is 1. The molecule has 3 N–H and O–H groups in total. The molecular formula is C29H31ClFN5O3. The summed E-state index contributed by atoms with van der Waals surface area (Å²) in [7, 11) is 3.61. The Kier molecular flexibility index (Phi) is 6.33. The van der Waals surface area contributed by atoms with Crippen LogP contribution in [0.15, 0.2) is 36.8 Å². The van der Waals surface area contributed by atoms with Crippen LogP contribution in [0.4, 0.5) is 10.1 Å². The molecule has 0 saturated heterocycles. The van der Waals surface area contributed by atoms with Crippen molar-refractivity contribution < 1.29 is 19.4 Å². The highest BCUT2D eigenvalue weighted by atomic mass is 35.5. The molecule has 3 saturated carbocycles. The first-order chi connectivity index (χ1) is 18.5. The number of fused-ring (bicyclic) bond motifs is 1. The maximum atomic E-state index is 13.5. The monoisotopic (exact) mass is 551 g/mol. The zero-order valence-electron chi connectivity index (χ0n) is 21.9. The van der Waals surface area contributed by atoms with E-state index in [2.05, 4.69) is 27.2 Å². The van der Waals surface area contributed by atoms with Crippen molar-refractivity contribution in [1.29, 1.82) is 0 Å². The Morgan fingerprint density at radius 3 is 2.51 bits per heavy atom. The van der Waals surface area contributed by atoms with Crippen molar-refractivity contribution in [3.05, 3.63) is 64.7 Å². The molecule has 39 heavy (non-hydrogen) atoms. The van der Waals surface area contributed by atoms with Gasteiger partial charge >= 0.3 is 0 Å². The molecule has 2 aromatic heterocycles. The summed E-state index contributed by atoms with van der Waals surface area (Å²) in [5.41, 5.74) is 0.350. The normalized spacial score (nSPS) is 31.3. The number of amides is 1. The van der Waals surface area contributed by atoms with Gasteiger partial charge in [-0.05, 0) is 74.6 Å². The molecule has 0 bridgehead atoms. The van der Waals surface area contributed by atoms with Crippen LogP contribution in [0.1, 0.15) is 66.3 Å². The maximum absolute atomic E-state index is 13.5. The number of carbonyl (C=O) groups excluding carboxylic acids is 1. The lowest BCUT2D eigenvalue weighted by Crippen LogP contribution is -2.41. The van der Waals surface area contributed by atoms with E-state index in [0.29, 0.717) is 54.6 Å². The van der Waals surface area contributed by atoms with E-state index in [1.807, 2.05) is 19.3 Å². The zero-order chi connectivity index (χ0) is 27.5. The van der Waals surface area contributed by atoms with Gasteiger partial charge in [-0.3, -0.25) is 9.48 Å². The average Bonchev–Trinajstić information content (AvgIpc) is 3.61. The van der Waals surface area contributed by atoms with E-state index in [9.17, 15) is 19.4 Å². The average molecular weight is 552 g/mol. The van der Waals surface area contributed by atoms with Gasteiger partial charge < -0.3 is 20.1 Å². The van der Waals surface area contributed by atoms with Gasteiger partial charge in [0.2, 0.25) is 0 Å². The number of carbonyl (C=O) groups is 1. The highest BCUT2D eigenvalue weighted by Crippen LogP contribution is 2.54. The Morgan fingerprint density at radius 1 is 1.15 bits per heavy atom. The molecule has 0 radical (unpaired) electrons. The van der Waals surface area contributed by atoms with E-state index >= 15 is 0 Å². The number of nitrogens with zero attached hydrogens (tertiary/aromatic N) is 4. The van der Waals surface area contributed by atoms with Crippen molar-refractivity contribution in [1.82, 2.24) is 19.3 Å². The molecule has 1 amide bonds. The quantitative estimate of drug-likeness (QED) is 0.423. The fraction of sp³-hybridized carbons (Fsp3) is 0.483. The molecule has 0 spiro atoms. The van der Waals surface area contributed by atoms with Gasteiger partial charge in [-0.1, -0.05) is 23.4 Å². The van der Waals surface area contributed by atoms with Crippen molar-refractivity contribution in [2.24, 2.45) is 31.8 Å². The fourth-order valence-corrected chi connectivity index (χ4v) is 6.92. The highest BCUT2D eigenvalue weighted by molar-refractivity contribution is 6.31. The summed E-state index contributed by atoms with van der Waals surface area (Å²) in [6, 6.07) is 5.91. The standard InChI is InChI=1S/C29H31ClFN5O3/c1-35-16-32-25(26(35)27(37)33-21-3-4-23(31)22(30)11-21)18-9-19-14-28(38,15-20(19)10-18)7-5-17-12-29(39,13-17)24-6-8-36(2)34-24/h3-4,6,8,11,16-20,38-39H,9-10,12-15H2,1-2H3,(H,33,37). The second kappa shape index (κ2) is 9.47. The first-order valence-corrected chi connectivity index (χ1v) is 13.6. The fourth-order valence-electron chi connectivity index (χ4n) is 6.74. The first kappa shape index (κ1) is 26.1. The number of aliphatic hydroxyl groups is 2. The van der Waals surface area contributed by atoms with Crippen LogP contribution in [0, 0.1) is 35.4 Å². The molecule has 204 valence electrons. The lowest BCUT2D eigenvalue weighted by Gasteiger charge is -2.40. The van der Waals surface area contributed by atoms with E-state index in [1.165, 1.54) is 18.2 Å². The molecule has 3 aromatic rings. The Morgan fingerprint density at radius 2 is 1.87 bits per heavy atom. The van der Waals surface area contributed by atoms with Crippen molar-refractivity contribution in [2.75, 3.05) is 5.32 Å². The molecule has 0 aliphatic heterocycles. The number of rotatable bonds is 4. The van der Waals surface area contributed by atoms with Crippen molar-refractivity contribution in [3.63, 3.8) is 0 Å². The summed E-state index contributed by atoms with van der Waals surface area (Å²) in [5.74, 6) is 6.27. The molecule has 2 atom stereocenters. The van der Waals surface area contributed by atoms with E-state index < -0.39 is 17.0 Å². The van der Waals surface area contributed by atoms with Gasteiger partial charge in [0, 0.05) is 37.8 Å². The van der Waals surface area contributed by atoms with Crippen LogP contribution in [0.3, 0.4) is 0 Å². The number of anilines is 1. The van der Waals surface area contributed by atoms with E-state index in [1.54, 1.807) is 22.6 Å². The molecule has 3 fully saturated rings. The van der Waals surface area contributed by atoms with Gasteiger partial charge in [0.1, 0.15) is 22.7 Å². The molecule has 2 unspecified atom stereocenters. The third-order valence-electron chi connectivity index (χ3n) is 8.65. The second-order valence-electron chi connectivity index (χ2n) is 11.6. The molecular weight excluding hydrogens is 521 g/mol. The SMILES string of the molecule is Cn1ccc(C2(O)CC(C#CC3(O)CC4CC(c5ncn(C)c5C(=O)Nc5ccc(F)c(Cl)c5)CC4C3)C2)n1. The number of imidazole rings is 1. The molecule has 2 heterocycles. The molecule has 6 rings (SSSR count). The number of hydrogen-bond donors (Lipinski definition) is 3. The van der Waals surface area contributed by atoms with Gasteiger partial charge in [0.25, 0.3) is 5.91 Å². The first-order valence-electron chi connectivity index (χ1n) is 13.3. The number of aryl methyl sites for hydroxylation is 2. The highest BCUT2D eigenvalue weighted by Gasteiger charge is 2.50. The maximum Gasteiger partial charge on any atom is 0.274 e. The lowest BCUT2D eigenvalue weighted by molar-refractivity contribution is -0.0664. The van der Waals surface area contributed by atoms with Crippen molar-refractivity contribution in [2.45, 2.75) is 55.6 Å². The number of aromatic nitrogens is 4. The largest absolute Gasteiger partial charge is 0.383 e. The van der Waals surface area contributed by atoms with E-state index in [-0.39, 0.29) is 22.8 Å². The Balaban J connectivity index is 1.08. The van der Waals surface area contributed by atoms with Gasteiger partial charge in [0.05, 0.1) is 22.7 Å². The summed E-state index contributed by atoms with van der Waals surface area (Å²) in [4.78, 5) is 17.7. The molecule has 3 aliphatic rings. The van der Waals surface area contributed by atoms with E-state index in [4.69, 9.17) is 11.6 Å². The third kappa shape index (κ3) is 4.86. The van der Waals surface area contributed by atoms with Crippen LogP contribution >= 0.6 is 11.6 Å². The lowest BCUT2D eigenvalue weighted by atomic mass is 9.69. The Labute approximate surface area is 231 Å². The summed E-state index contributed by atoms with van der Waals surface area (Å²) in [5, 5.41) is 29.1. The van der Waals surface area contributed by atoms with Gasteiger partial charge in [-0.15, -0.1) is 0 Å². The Hall–Kier alpha value is -3.19. The minimum absolute atomic E-state index is 0.0415. The second-order valence-corrected chi connectivity index (χ2v) is 12.0.